The van der Waals surface area contributed by atoms with Crippen LogP contribution in [0.25, 0.3) is 0 Å². The Kier molecular flexibility index (Phi) is 3.33. The fourth-order valence-corrected chi connectivity index (χ4v) is 2.80. The average Bonchev–Trinajstić information content (AvgIpc) is 2.69. The van der Waals surface area contributed by atoms with Crippen LogP contribution in [0.2, 0.25) is 0 Å². The first-order valence-electron chi connectivity index (χ1n) is 6.89. The van der Waals surface area contributed by atoms with Crippen molar-refractivity contribution in [3.63, 3.8) is 0 Å². The highest BCUT2D eigenvalue weighted by Crippen LogP contribution is 2.62. The second-order valence-electron chi connectivity index (χ2n) is 6.69. The maximum absolute atomic E-state index is 12.0. The normalized spacial score (nSPS) is 20.0. The summed E-state index contributed by atoms with van der Waals surface area (Å²) in [5, 5.41) is 3.15. The molecule has 1 saturated carbocycles. The molecule has 0 atom stereocenters. The van der Waals surface area contributed by atoms with Crippen molar-refractivity contribution in [2.24, 2.45) is 10.8 Å². The topological polar surface area (TPSA) is 55.1 Å². The van der Waals surface area contributed by atoms with Gasteiger partial charge in [0, 0.05) is 18.2 Å². The number of rotatable bonds is 4. The molecule has 0 spiro atoms. The molecule has 0 radical (unpaired) electrons. The molecule has 0 aromatic heterocycles. The fraction of sp³-hybridized carbons (Fsp3) is 0.562. The molecule has 3 N–H and O–H groups in total. The van der Waals surface area contributed by atoms with E-state index < -0.39 is 0 Å². The van der Waals surface area contributed by atoms with Crippen LogP contribution in [0.3, 0.4) is 0 Å². The van der Waals surface area contributed by atoms with E-state index in [1.54, 1.807) is 0 Å². The van der Waals surface area contributed by atoms with E-state index in [0.717, 1.165) is 17.7 Å². The standard InChI is InChI=1S/C16H24N2O/c1-15(2)14(16(15,3)4)18-13(19)9-8-11-6-5-7-12(17)10-11/h5-7,10,14H,8-9,17H2,1-4H3,(H,18,19). The molecule has 1 aromatic rings. The molecule has 2 rings (SSSR count). The molecular weight excluding hydrogens is 236 g/mol. The zero-order valence-electron chi connectivity index (χ0n) is 12.3. The maximum atomic E-state index is 12.0. The Morgan fingerprint density at radius 2 is 1.89 bits per heavy atom. The predicted molar refractivity (Wildman–Crippen MR) is 78.7 cm³/mol. The highest BCUT2D eigenvalue weighted by molar-refractivity contribution is 5.77. The molecule has 1 aliphatic rings. The van der Waals surface area contributed by atoms with Crippen LogP contribution >= 0.6 is 0 Å². The quantitative estimate of drug-likeness (QED) is 0.818. The van der Waals surface area contributed by atoms with Crippen molar-refractivity contribution in [3.8, 4) is 0 Å². The molecular formula is C16H24N2O. The predicted octanol–water partition coefficient (Wildman–Crippen LogP) is 2.75. The number of carbonyl (C=O) groups excluding carboxylic acids is 1. The van der Waals surface area contributed by atoms with Gasteiger partial charge in [-0.15, -0.1) is 0 Å². The van der Waals surface area contributed by atoms with E-state index in [2.05, 4.69) is 33.0 Å². The van der Waals surface area contributed by atoms with E-state index in [1.165, 1.54) is 0 Å². The van der Waals surface area contributed by atoms with Gasteiger partial charge in [-0.05, 0) is 34.9 Å². The molecule has 0 saturated heterocycles. The third-order valence-corrected chi connectivity index (χ3v) is 4.92. The first-order valence-corrected chi connectivity index (χ1v) is 6.89. The first kappa shape index (κ1) is 13.9. The molecule has 1 aliphatic carbocycles. The second-order valence-corrected chi connectivity index (χ2v) is 6.69. The molecule has 19 heavy (non-hydrogen) atoms. The number of benzene rings is 1. The SMILES string of the molecule is CC1(C)C(NC(=O)CCc2cccc(N)c2)C1(C)C. The summed E-state index contributed by atoms with van der Waals surface area (Å²) in [6.45, 7) is 8.82. The highest BCUT2D eigenvalue weighted by atomic mass is 16.1. The number of anilines is 1. The van der Waals surface area contributed by atoms with Gasteiger partial charge in [-0.1, -0.05) is 39.8 Å². The number of carbonyl (C=O) groups is 1. The summed E-state index contributed by atoms with van der Waals surface area (Å²) in [5.41, 5.74) is 7.98. The molecule has 3 heteroatoms. The Bertz CT molecular complexity index is 477. The van der Waals surface area contributed by atoms with Crippen molar-refractivity contribution in [2.45, 2.75) is 46.6 Å². The van der Waals surface area contributed by atoms with Gasteiger partial charge in [-0.25, -0.2) is 0 Å². The lowest BCUT2D eigenvalue weighted by atomic mass is 10.0. The van der Waals surface area contributed by atoms with E-state index in [-0.39, 0.29) is 22.8 Å². The molecule has 1 fully saturated rings. The monoisotopic (exact) mass is 260 g/mol. The highest BCUT2D eigenvalue weighted by Gasteiger charge is 2.65. The Hall–Kier alpha value is -1.51. The van der Waals surface area contributed by atoms with Gasteiger partial charge >= 0.3 is 0 Å². The van der Waals surface area contributed by atoms with Crippen LogP contribution in [0.1, 0.15) is 39.7 Å². The van der Waals surface area contributed by atoms with Gasteiger partial charge < -0.3 is 11.1 Å². The number of hydrogen-bond acceptors (Lipinski definition) is 2. The lowest BCUT2D eigenvalue weighted by molar-refractivity contribution is -0.121. The van der Waals surface area contributed by atoms with Gasteiger partial charge in [0.05, 0.1) is 0 Å². The number of aryl methyl sites for hydroxylation is 1. The molecule has 1 amide bonds. The Labute approximate surface area is 115 Å². The summed E-state index contributed by atoms with van der Waals surface area (Å²) < 4.78 is 0. The molecule has 0 bridgehead atoms. The van der Waals surface area contributed by atoms with Crippen molar-refractivity contribution in [1.29, 1.82) is 0 Å². The van der Waals surface area contributed by atoms with Gasteiger partial charge in [-0.2, -0.15) is 0 Å². The van der Waals surface area contributed by atoms with E-state index in [4.69, 9.17) is 5.73 Å². The van der Waals surface area contributed by atoms with Crippen LogP contribution in [-0.2, 0) is 11.2 Å². The van der Waals surface area contributed by atoms with E-state index >= 15 is 0 Å². The smallest absolute Gasteiger partial charge is 0.220 e. The number of nitrogens with two attached hydrogens (primary N) is 1. The van der Waals surface area contributed by atoms with E-state index in [1.807, 2.05) is 24.3 Å². The van der Waals surface area contributed by atoms with Crippen molar-refractivity contribution >= 4 is 11.6 Å². The second kappa shape index (κ2) is 4.55. The van der Waals surface area contributed by atoms with Gasteiger partial charge in [0.1, 0.15) is 0 Å². The van der Waals surface area contributed by atoms with Crippen LogP contribution in [-0.4, -0.2) is 11.9 Å². The van der Waals surface area contributed by atoms with Crippen LogP contribution in [0.4, 0.5) is 5.69 Å². The minimum absolute atomic E-state index is 0.131. The van der Waals surface area contributed by atoms with E-state index in [0.29, 0.717) is 6.42 Å². The van der Waals surface area contributed by atoms with Gasteiger partial charge in [0.2, 0.25) is 5.91 Å². The zero-order chi connectivity index (χ0) is 14.3. The number of nitrogen functional groups attached to an aromatic ring is 1. The van der Waals surface area contributed by atoms with Gasteiger partial charge in [-0.3, -0.25) is 4.79 Å². The average molecular weight is 260 g/mol. The molecule has 0 aliphatic heterocycles. The summed E-state index contributed by atoms with van der Waals surface area (Å²) in [4.78, 5) is 12.0. The van der Waals surface area contributed by atoms with Crippen molar-refractivity contribution in [1.82, 2.24) is 5.32 Å². The van der Waals surface area contributed by atoms with Gasteiger partial charge in [0.15, 0.2) is 0 Å². The van der Waals surface area contributed by atoms with Crippen molar-refractivity contribution < 1.29 is 4.79 Å². The van der Waals surface area contributed by atoms with Crippen molar-refractivity contribution in [3.05, 3.63) is 29.8 Å². The molecule has 104 valence electrons. The van der Waals surface area contributed by atoms with Crippen LogP contribution < -0.4 is 11.1 Å². The van der Waals surface area contributed by atoms with E-state index in [9.17, 15) is 4.79 Å². The summed E-state index contributed by atoms with van der Waals surface area (Å²) in [7, 11) is 0. The summed E-state index contributed by atoms with van der Waals surface area (Å²) >= 11 is 0. The fourth-order valence-electron chi connectivity index (χ4n) is 2.80. The van der Waals surface area contributed by atoms with Crippen molar-refractivity contribution in [2.75, 3.05) is 5.73 Å². The minimum atomic E-state index is 0.131. The molecule has 3 nitrogen and oxygen atoms in total. The summed E-state index contributed by atoms with van der Waals surface area (Å²) in [6.07, 6.45) is 1.26. The van der Waals surface area contributed by atoms with Crippen LogP contribution in [0, 0.1) is 10.8 Å². The summed E-state index contributed by atoms with van der Waals surface area (Å²) in [6, 6.07) is 8.01. The zero-order valence-corrected chi connectivity index (χ0v) is 12.3. The van der Waals surface area contributed by atoms with Crippen LogP contribution in [0.5, 0.6) is 0 Å². The molecule has 0 unspecified atom stereocenters. The third kappa shape index (κ3) is 2.60. The number of nitrogens with one attached hydrogen (secondary N) is 1. The first-order chi connectivity index (χ1) is 8.75. The largest absolute Gasteiger partial charge is 0.399 e. The maximum Gasteiger partial charge on any atom is 0.220 e. The minimum Gasteiger partial charge on any atom is -0.399 e. The Morgan fingerprint density at radius 3 is 2.42 bits per heavy atom. The Balaban J connectivity index is 1.84. The van der Waals surface area contributed by atoms with Gasteiger partial charge in [0.25, 0.3) is 0 Å². The van der Waals surface area contributed by atoms with Crippen LogP contribution in [0.15, 0.2) is 24.3 Å². The number of amides is 1. The summed E-state index contributed by atoms with van der Waals surface area (Å²) in [5.74, 6) is 0.131. The number of hydrogen-bond donors (Lipinski definition) is 2. The Morgan fingerprint density at radius 1 is 1.26 bits per heavy atom. The third-order valence-electron chi connectivity index (χ3n) is 4.92. The molecule has 0 heterocycles. The lowest BCUT2D eigenvalue weighted by Crippen LogP contribution is -2.29. The lowest BCUT2D eigenvalue weighted by Gasteiger charge is -2.07. The molecule has 1 aromatic carbocycles.